The van der Waals surface area contributed by atoms with Crippen molar-refractivity contribution in [2.24, 2.45) is 51.8 Å². The summed E-state index contributed by atoms with van der Waals surface area (Å²) in [4.78, 5) is 41.8. The first kappa shape index (κ1) is 23.6. The molecule has 1 spiro atoms. The molecule has 1 aliphatic heterocycles. The molecule has 0 N–H and O–H groups in total. The standard InChI is InChI=1S/C28H38N2O4/c1-16(2)18-15-28-11-8-19-26(3,9-6-10-27(19,4)25(33)34-5)20(28)14-17(18)21-22(28)24(32)30(23(21)31)13-7-12-29/h15-17,19-22H,6-11,13-14H2,1-5H3/t17-,19+,20+,21+,22-,26-,27+,28-/m0/s1. The second kappa shape index (κ2) is 7.67. The van der Waals surface area contributed by atoms with E-state index in [1.165, 1.54) is 17.6 Å². The van der Waals surface area contributed by atoms with E-state index in [9.17, 15) is 14.4 Å². The van der Waals surface area contributed by atoms with Crippen LogP contribution in [-0.2, 0) is 19.1 Å². The van der Waals surface area contributed by atoms with Crippen LogP contribution in [0.2, 0.25) is 0 Å². The molecule has 8 atom stereocenters. The number of methoxy groups -OCH3 is 1. The number of allylic oxidation sites excluding steroid dienone is 2. The fraction of sp³-hybridized carbons (Fsp3) is 0.786. The number of nitriles is 1. The van der Waals surface area contributed by atoms with Crippen LogP contribution in [0.3, 0.4) is 0 Å². The van der Waals surface area contributed by atoms with Gasteiger partial charge in [-0.15, -0.1) is 0 Å². The number of fused-ring (bicyclic) bond motifs is 1. The van der Waals surface area contributed by atoms with E-state index in [1.54, 1.807) is 0 Å². The van der Waals surface area contributed by atoms with Gasteiger partial charge in [0.1, 0.15) is 0 Å². The van der Waals surface area contributed by atoms with Crippen LogP contribution in [-0.4, -0.2) is 36.3 Å². The van der Waals surface area contributed by atoms with E-state index >= 15 is 0 Å². The third-order valence-corrected chi connectivity index (χ3v) is 10.9. The summed E-state index contributed by atoms with van der Waals surface area (Å²) in [5, 5.41) is 9.11. The van der Waals surface area contributed by atoms with Gasteiger partial charge in [0.05, 0.1) is 36.9 Å². The van der Waals surface area contributed by atoms with Gasteiger partial charge in [0.25, 0.3) is 0 Å². The summed E-state index contributed by atoms with van der Waals surface area (Å²) in [6.45, 7) is 9.04. The molecule has 2 bridgehead atoms. The second-order valence-electron chi connectivity index (χ2n) is 12.4. The Morgan fingerprint density at radius 1 is 1.21 bits per heavy atom. The summed E-state index contributed by atoms with van der Waals surface area (Å²) in [5.41, 5.74) is 0.422. The van der Waals surface area contributed by atoms with Gasteiger partial charge in [-0.1, -0.05) is 38.8 Å². The molecule has 0 aromatic heterocycles. The lowest BCUT2D eigenvalue weighted by Gasteiger charge is -2.68. The van der Waals surface area contributed by atoms with E-state index in [2.05, 4.69) is 39.8 Å². The molecule has 1 saturated heterocycles. The number of esters is 1. The predicted octanol–water partition coefficient (Wildman–Crippen LogP) is 4.50. The number of carbonyl (C=O) groups is 3. The van der Waals surface area contributed by atoms with Gasteiger partial charge in [-0.25, -0.2) is 0 Å². The number of carbonyl (C=O) groups excluding carboxylic acids is 3. The summed E-state index contributed by atoms with van der Waals surface area (Å²) in [6, 6.07) is 2.10. The Bertz CT molecular complexity index is 1010. The molecule has 184 valence electrons. The van der Waals surface area contributed by atoms with Crippen molar-refractivity contribution in [3.05, 3.63) is 11.6 Å². The highest BCUT2D eigenvalue weighted by Crippen LogP contribution is 2.74. The number of hydrogen-bond donors (Lipinski definition) is 0. The molecule has 0 aromatic rings. The molecule has 1 heterocycles. The van der Waals surface area contributed by atoms with E-state index in [0.717, 1.165) is 38.5 Å². The topological polar surface area (TPSA) is 87.5 Å². The predicted molar refractivity (Wildman–Crippen MR) is 126 cm³/mol. The lowest BCUT2D eigenvalue weighted by molar-refractivity contribution is -0.196. The molecular weight excluding hydrogens is 428 g/mol. The van der Waals surface area contributed by atoms with Gasteiger partial charge in [0, 0.05) is 12.0 Å². The van der Waals surface area contributed by atoms with Crippen molar-refractivity contribution in [1.82, 2.24) is 4.90 Å². The van der Waals surface area contributed by atoms with Gasteiger partial charge < -0.3 is 4.74 Å². The van der Waals surface area contributed by atoms with Gasteiger partial charge >= 0.3 is 5.97 Å². The van der Waals surface area contributed by atoms with Gasteiger partial charge in [-0.05, 0) is 68.1 Å². The van der Waals surface area contributed by atoms with Crippen molar-refractivity contribution in [2.75, 3.05) is 13.7 Å². The first-order valence-corrected chi connectivity index (χ1v) is 13.1. The molecule has 4 fully saturated rings. The molecule has 6 rings (SSSR count). The molecule has 0 unspecified atom stereocenters. The lowest BCUT2D eigenvalue weighted by atomic mass is 9.34. The smallest absolute Gasteiger partial charge is 0.311 e. The summed E-state index contributed by atoms with van der Waals surface area (Å²) in [5.74, 6) is 0.0412. The van der Waals surface area contributed by atoms with E-state index in [4.69, 9.17) is 10.00 Å². The van der Waals surface area contributed by atoms with Crippen LogP contribution in [0.25, 0.3) is 0 Å². The Labute approximate surface area is 203 Å². The number of ether oxygens (including phenoxy) is 1. The van der Waals surface area contributed by atoms with Crippen molar-refractivity contribution in [2.45, 2.75) is 72.6 Å². The van der Waals surface area contributed by atoms with Crippen molar-refractivity contribution in [1.29, 1.82) is 5.26 Å². The monoisotopic (exact) mass is 466 g/mol. The van der Waals surface area contributed by atoms with Gasteiger partial charge in [0.2, 0.25) is 11.8 Å². The maximum atomic E-state index is 13.8. The molecule has 6 heteroatoms. The number of amides is 2. The van der Waals surface area contributed by atoms with E-state index in [0.29, 0.717) is 5.92 Å². The quantitative estimate of drug-likeness (QED) is 0.346. The Kier molecular flexibility index (Phi) is 5.32. The molecule has 6 aliphatic rings. The molecule has 2 amide bonds. The largest absolute Gasteiger partial charge is 0.469 e. The number of nitrogens with zero attached hydrogens (tertiary/aromatic N) is 2. The number of likely N-dealkylation sites (tertiary alicyclic amines) is 1. The number of hydrogen-bond acceptors (Lipinski definition) is 5. The Morgan fingerprint density at radius 3 is 2.59 bits per heavy atom. The highest BCUT2D eigenvalue weighted by Gasteiger charge is 2.73. The van der Waals surface area contributed by atoms with Crippen LogP contribution in [0.15, 0.2) is 11.6 Å². The number of imide groups is 1. The highest BCUT2D eigenvalue weighted by atomic mass is 16.5. The molecule has 6 nitrogen and oxygen atoms in total. The second-order valence-corrected chi connectivity index (χ2v) is 12.4. The van der Waals surface area contributed by atoms with E-state index in [1.807, 2.05) is 0 Å². The Hall–Kier alpha value is -2.16. The zero-order chi connectivity index (χ0) is 24.6. The fourth-order valence-corrected chi connectivity index (χ4v) is 9.62. The maximum Gasteiger partial charge on any atom is 0.311 e. The highest BCUT2D eigenvalue weighted by molar-refractivity contribution is 6.06. The SMILES string of the molecule is COC(=O)[C@]1(C)CCC[C@]2(C)[C@H]3C[C@H]4C(C(C)C)=C[C@]3(CC[C@H]21)[C@@H]1C(=O)N(CCC#N)C(=O)[C@@H]14. The van der Waals surface area contributed by atoms with Crippen LogP contribution in [0.1, 0.15) is 72.6 Å². The lowest BCUT2D eigenvalue weighted by Crippen LogP contribution is -2.65. The maximum absolute atomic E-state index is 13.8. The third-order valence-electron chi connectivity index (χ3n) is 10.9. The molecular formula is C28H38N2O4. The normalized spacial score (nSPS) is 44.8. The average Bonchev–Trinajstić information content (AvgIpc) is 3.08. The first-order chi connectivity index (χ1) is 16.1. The van der Waals surface area contributed by atoms with Gasteiger partial charge in [-0.3, -0.25) is 19.3 Å². The molecule has 0 aromatic carbocycles. The minimum atomic E-state index is -0.502. The van der Waals surface area contributed by atoms with Gasteiger partial charge in [-0.2, -0.15) is 5.26 Å². The van der Waals surface area contributed by atoms with Crippen LogP contribution < -0.4 is 0 Å². The molecule has 0 radical (unpaired) electrons. The summed E-state index contributed by atoms with van der Waals surface area (Å²) in [7, 11) is 1.49. The number of rotatable bonds is 4. The molecule has 34 heavy (non-hydrogen) atoms. The van der Waals surface area contributed by atoms with E-state index < -0.39 is 5.41 Å². The van der Waals surface area contributed by atoms with Gasteiger partial charge in [0.15, 0.2) is 0 Å². The van der Waals surface area contributed by atoms with Crippen LogP contribution in [0, 0.1) is 63.1 Å². The summed E-state index contributed by atoms with van der Waals surface area (Å²) in [6.07, 6.45) is 8.11. The summed E-state index contributed by atoms with van der Waals surface area (Å²) < 4.78 is 5.30. The Balaban J connectivity index is 1.62. The van der Waals surface area contributed by atoms with Crippen molar-refractivity contribution < 1.29 is 19.1 Å². The van der Waals surface area contributed by atoms with Crippen LogP contribution in [0.4, 0.5) is 0 Å². The van der Waals surface area contributed by atoms with Crippen LogP contribution >= 0.6 is 0 Å². The fourth-order valence-electron chi connectivity index (χ4n) is 9.62. The van der Waals surface area contributed by atoms with Crippen molar-refractivity contribution >= 4 is 17.8 Å². The zero-order valence-corrected chi connectivity index (χ0v) is 21.2. The Morgan fingerprint density at radius 2 is 1.94 bits per heavy atom. The minimum absolute atomic E-state index is 0.0605. The summed E-state index contributed by atoms with van der Waals surface area (Å²) >= 11 is 0. The van der Waals surface area contributed by atoms with Crippen LogP contribution in [0.5, 0.6) is 0 Å². The molecule has 5 aliphatic carbocycles. The minimum Gasteiger partial charge on any atom is -0.469 e. The van der Waals surface area contributed by atoms with Crippen molar-refractivity contribution in [3.8, 4) is 6.07 Å². The van der Waals surface area contributed by atoms with E-state index in [-0.39, 0.29) is 71.2 Å². The first-order valence-electron chi connectivity index (χ1n) is 13.1. The zero-order valence-electron chi connectivity index (χ0n) is 21.2. The third kappa shape index (κ3) is 2.76. The molecule has 3 saturated carbocycles. The average molecular weight is 467 g/mol. The van der Waals surface area contributed by atoms with Crippen molar-refractivity contribution in [3.63, 3.8) is 0 Å².